The lowest BCUT2D eigenvalue weighted by Gasteiger charge is -2.33. The molecule has 23 heavy (non-hydrogen) atoms. The van der Waals surface area contributed by atoms with Crippen LogP contribution in [-0.2, 0) is 0 Å². The van der Waals surface area contributed by atoms with Crippen LogP contribution < -0.4 is 10.2 Å². The number of amides is 1. The quantitative estimate of drug-likeness (QED) is 0.925. The van der Waals surface area contributed by atoms with E-state index < -0.39 is 0 Å². The highest BCUT2D eigenvalue weighted by Crippen LogP contribution is 2.18. The van der Waals surface area contributed by atoms with Gasteiger partial charge in [-0.1, -0.05) is 6.07 Å². The van der Waals surface area contributed by atoms with Crippen molar-refractivity contribution in [1.29, 1.82) is 0 Å². The summed E-state index contributed by atoms with van der Waals surface area (Å²) in [7, 11) is 2.12. The van der Waals surface area contributed by atoms with Crippen LogP contribution in [0.4, 0.5) is 5.82 Å². The number of thiazole rings is 1. The zero-order chi connectivity index (χ0) is 16.2. The van der Waals surface area contributed by atoms with Crippen molar-refractivity contribution in [2.45, 2.75) is 13.0 Å². The van der Waals surface area contributed by atoms with Crippen LogP contribution in [0.15, 0.2) is 29.9 Å². The van der Waals surface area contributed by atoms with Gasteiger partial charge in [0, 0.05) is 37.3 Å². The van der Waals surface area contributed by atoms with Crippen molar-refractivity contribution < 1.29 is 4.79 Å². The number of hydrogen-bond acceptors (Lipinski definition) is 6. The summed E-state index contributed by atoms with van der Waals surface area (Å²) in [5, 5.41) is 2.98. The Morgan fingerprint density at radius 2 is 2.09 bits per heavy atom. The first-order chi connectivity index (χ1) is 11.1. The summed E-state index contributed by atoms with van der Waals surface area (Å²) in [4.78, 5) is 26.6. The number of anilines is 1. The molecule has 3 heterocycles. The monoisotopic (exact) mass is 331 g/mol. The number of carbonyl (C=O) groups is 1. The van der Waals surface area contributed by atoms with Crippen molar-refractivity contribution >= 4 is 23.1 Å². The zero-order valence-electron chi connectivity index (χ0n) is 13.4. The van der Waals surface area contributed by atoms with E-state index >= 15 is 0 Å². The van der Waals surface area contributed by atoms with Crippen LogP contribution in [-0.4, -0.2) is 54.0 Å². The molecule has 6 nitrogen and oxygen atoms in total. The van der Waals surface area contributed by atoms with Crippen molar-refractivity contribution in [1.82, 2.24) is 20.2 Å². The fraction of sp³-hybridized carbons (Fsp3) is 0.438. The van der Waals surface area contributed by atoms with Crippen LogP contribution in [0.25, 0.3) is 0 Å². The molecule has 7 heteroatoms. The average Bonchev–Trinajstić information content (AvgIpc) is 3.10. The van der Waals surface area contributed by atoms with Gasteiger partial charge in [-0.15, -0.1) is 11.3 Å². The van der Waals surface area contributed by atoms with Crippen molar-refractivity contribution in [3.05, 3.63) is 40.5 Å². The maximum Gasteiger partial charge on any atom is 0.270 e. The molecular formula is C16H21N5OS. The third kappa shape index (κ3) is 3.86. The molecule has 0 radical (unpaired) electrons. The highest BCUT2D eigenvalue weighted by Gasteiger charge is 2.18. The number of rotatable bonds is 4. The molecular weight excluding hydrogens is 310 g/mol. The lowest BCUT2D eigenvalue weighted by Crippen LogP contribution is -2.45. The van der Waals surface area contributed by atoms with Crippen LogP contribution in [0, 0.1) is 0 Å². The third-order valence-electron chi connectivity index (χ3n) is 4.02. The molecule has 122 valence electrons. The highest BCUT2D eigenvalue weighted by molar-refractivity contribution is 7.09. The number of hydrogen-bond donors (Lipinski definition) is 1. The van der Waals surface area contributed by atoms with E-state index in [1.54, 1.807) is 17.8 Å². The molecule has 2 aromatic heterocycles. The van der Waals surface area contributed by atoms with Crippen LogP contribution in [0.3, 0.4) is 0 Å². The number of nitrogens with zero attached hydrogens (tertiary/aromatic N) is 4. The minimum Gasteiger partial charge on any atom is -0.354 e. The Labute approximate surface area is 140 Å². The van der Waals surface area contributed by atoms with Crippen molar-refractivity contribution in [2.24, 2.45) is 0 Å². The maximum atomic E-state index is 12.4. The first-order valence-electron chi connectivity index (χ1n) is 7.73. The molecule has 0 spiro atoms. The molecule has 0 bridgehead atoms. The maximum absolute atomic E-state index is 12.4. The Bertz CT molecular complexity index is 652. The highest BCUT2D eigenvalue weighted by atomic mass is 32.1. The molecule has 1 saturated heterocycles. The average molecular weight is 331 g/mol. The predicted octanol–water partition coefficient (Wildman–Crippen LogP) is 1.78. The van der Waals surface area contributed by atoms with Gasteiger partial charge >= 0.3 is 0 Å². The molecule has 2 aromatic rings. The van der Waals surface area contributed by atoms with Gasteiger partial charge in [-0.25, -0.2) is 4.98 Å². The molecule has 1 aliphatic heterocycles. The number of pyridine rings is 1. The smallest absolute Gasteiger partial charge is 0.270 e. The molecule has 0 aliphatic carbocycles. The van der Waals surface area contributed by atoms with Crippen LogP contribution >= 0.6 is 11.3 Å². The standard InChI is InChI=1S/C16H21N5OS/c1-12(14-10-17-11-23-14)18-16(22)13-4-3-5-15(19-13)21-8-6-20(2)7-9-21/h3-5,10-12H,6-9H2,1-2H3,(H,18,22). The first kappa shape index (κ1) is 15.9. The SMILES string of the molecule is CC(NC(=O)c1cccc(N2CCN(C)CC2)n1)c1cncs1. The van der Waals surface area contributed by atoms with Gasteiger partial charge in [0.25, 0.3) is 5.91 Å². The minimum atomic E-state index is -0.151. The minimum absolute atomic E-state index is 0.0657. The first-order valence-corrected chi connectivity index (χ1v) is 8.61. The van der Waals surface area contributed by atoms with Crippen molar-refractivity contribution in [3.8, 4) is 0 Å². The summed E-state index contributed by atoms with van der Waals surface area (Å²) >= 11 is 1.54. The zero-order valence-corrected chi connectivity index (χ0v) is 14.2. The van der Waals surface area contributed by atoms with E-state index in [0.717, 1.165) is 36.9 Å². The summed E-state index contributed by atoms with van der Waals surface area (Å²) < 4.78 is 0. The van der Waals surface area contributed by atoms with E-state index in [1.165, 1.54) is 11.3 Å². The molecule has 0 saturated carbocycles. The molecule has 1 aliphatic rings. The van der Waals surface area contributed by atoms with E-state index in [2.05, 4.69) is 32.1 Å². The summed E-state index contributed by atoms with van der Waals surface area (Å²) in [5.41, 5.74) is 2.22. The molecule has 1 fully saturated rings. The number of nitrogens with one attached hydrogen (secondary N) is 1. The Morgan fingerprint density at radius 3 is 2.78 bits per heavy atom. The van der Waals surface area contributed by atoms with E-state index in [4.69, 9.17) is 0 Å². The summed E-state index contributed by atoms with van der Waals surface area (Å²) in [6, 6.07) is 5.56. The van der Waals surface area contributed by atoms with Gasteiger partial charge in [-0.3, -0.25) is 9.78 Å². The van der Waals surface area contributed by atoms with E-state index in [0.29, 0.717) is 5.69 Å². The van der Waals surface area contributed by atoms with E-state index in [-0.39, 0.29) is 11.9 Å². The van der Waals surface area contributed by atoms with Gasteiger partial charge in [0.1, 0.15) is 11.5 Å². The summed E-state index contributed by atoms with van der Waals surface area (Å²) in [6.45, 7) is 5.86. The van der Waals surface area contributed by atoms with Gasteiger partial charge in [0.15, 0.2) is 0 Å². The Morgan fingerprint density at radius 1 is 1.30 bits per heavy atom. The second-order valence-electron chi connectivity index (χ2n) is 5.77. The second-order valence-corrected chi connectivity index (χ2v) is 6.69. The van der Waals surface area contributed by atoms with Crippen LogP contribution in [0.5, 0.6) is 0 Å². The number of aromatic nitrogens is 2. The second kappa shape index (κ2) is 7.06. The van der Waals surface area contributed by atoms with Gasteiger partial charge in [0.2, 0.25) is 0 Å². The largest absolute Gasteiger partial charge is 0.354 e. The van der Waals surface area contributed by atoms with Crippen molar-refractivity contribution in [3.63, 3.8) is 0 Å². The topological polar surface area (TPSA) is 61.4 Å². The Kier molecular flexibility index (Phi) is 4.88. The lowest BCUT2D eigenvalue weighted by atomic mass is 10.2. The van der Waals surface area contributed by atoms with Gasteiger partial charge in [0.05, 0.1) is 11.6 Å². The Hall–Kier alpha value is -1.99. The summed E-state index contributed by atoms with van der Waals surface area (Å²) in [5.74, 6) is 0.720. The normalized spacial score (nSPS) is 17.0. The lowest BCUT2D eigenvalue weighted by molar-refractivity contribution is 0.0935. The molecule has 1 atom stereocenters. The summed E-state index contributed by atoms with van der Waals surface area (Å²) in [6.07, 6.45) is 1.78. The fourth-order valence-electron chi connectivity index (χ4n) is 2.54. The molecule has 1 unspecified atom stereocenters. The van der Waals surface area contributed by atoms with Gasteiger partial charge in [-0.2, -0.15) is 0 Å². The number of likely N-dealkylation sites (N-methyl/N-ethyl adjacent to an activating group) is 1. The Balaban J connectivity index is 1.68. The predicted molar refractivity (Wildman–Crippen MR) is 91.9 cm³/mol. The number of carbonyl (C=O) groups excluding carboxylic acids is 1. The molecule has 0 aromatic carbocycles. The number of piperazine rings is 1. The van der Waals surface area contributed by atoms with Gasteiger partial charge in [-0.05, 0) is 26.1 Å². The fourth-order valence-corrected chi connectivity index (χ4v) is 3.17. The van der Waals surface area contributed by atoms with Crippen LogP contribution in [0.1, 0.15) is 28.3 Å². The van der Waals surface area contributed by atoms with E-state index in [1.807, 2.05) is 19.1 Å². The third-order valence-corrected chi connectivity index (χ3v) is 4.98. The molecule has 1 N–H and O–H groups in total. The van der Waals surface area contributed by atoms with E-state index in [9.17, 15) is 4.79 Å². The van der Waals surface area contributed by atoms with Crippen LogP contribution in [0.2, 0.25) is 0 Å². The molecule has 1 amide bonds. The molecule has 3 rings (SSSR count). The van der Waals surface area contributed by atoms with Crippen molar-refractivity contribution in [2.75, 3.05) is 38.1 Å². The van der Waals surface area contributed by atoms with Gasteiger partial charge < -0.3 is 15.1 Å².